The van der Waals surface area contributed by atoms with Crippen molar-refractivity contribution in [1.29, 1.82) is 0 Å². The van der Waals surface area contributed by atoms with Crippen LogP contribution in [0.2, 0.25) is 0 Å². The largest absolute Gasteiger partial charge is 0.486 e. The molecule has 1 spiro atoms. The molecule has 1 aromatic carbocycles. The standard InChI is InChI=1S/C22H28N2O5/c1-24-11-9-22(10-12-24)15-18(25)17-14-16(5-7-19(17)28-22)6-8-20(26)23-29-21-4-2-3-13-27-21/h5-8,14,21H,2-4,9-13,15H2,1H3,(H,23,26). The number of amides is 1. The van der Waals surface area contributed by atoms with Gasteiger partial charge in [-0.25, -0.2) is 10.3 Å². The lowest BCUT2D eigenvalue weighted by atomic mass is 9.82. The van der Waals surface area contributed by atoms with Gasteiger partial charge in [-0.2, -0.15) is 0 Å². The molecule has 1 amide bonds. The molecular weight excluding hydrogens is 372 g/mol. The number of ether oxygens (including phenoxy) is 2. The quantitative estimate of drug-likeness (QED) is 0.619. The van der Waals surface area contributed by atoms with Crippen LogP contribution in [0.4, 0.5) is 0 Å². The second kappa shape index (κ2) is 8.65. The van der Waals surface area contributed by atoms with Gasteiger partial charge in [-0.1, -0.05) is 6.07 Å². The smallest absolute Gasteiger partial charge is 0.267 e. The molecule has 7 nitrogen and oxygen atoms in total. The lowest BCUT2D eigenvalue weighted by Crippen LogP contribution is -2.50. The highest BCUT2D eigenvalue weighted by molar-refractivity contribution is 6.01. The first kappa shape index (κ1) is 20.1. The minimum absolute atomic E-state index is 0.105. The third-order valence-corrected chi connectivity index (χ3v) is 5.87. The summed E-state index contributed by atoms with van der Waals surface area (Å²) >= 11 is 0. The molecule has 29 heavy (non-hydrogen) atoms. The fourth-order valence-corrected chi connectivity index (χ4v) is 4.05. The van der Waals surface area contributed by atoms with Crippen molar-refractivity contribution >= 4 is 17.8 Å². The van der Waals surface area contributed by atoms with Gasteiger partial charge in [0.05, 0.1) is 12.0 Å². The number of hydrogen-bond donors (Lipinski definition) is 1. The number of ketones is 1. The van der Waals surface area contributed by atoms with Crippen molar-refractivity contribution in [3.05, 3.63) is 35.4 Å². The third kappa shape index (κ3) is 4.86. The molecule has 2 saturated heterocycles. The van der Waals surface area contributed by atoms with Gasteiger partial charge in [0.1, 0.15) is 11.4 Å². The number of benzene rings is 1. The SMILES string of the molecule is CN1CCC2(CC1)CC(=O)c1cc(C=CC(=O)NOC3CCCCO3)ccc1O2. The number of nitrogens with one attached hydrogen (secondary N) is 1. The maximum Gasteiger partial charge on any atom is 0.267 e. The first-order chi connectivity index (χ1) is 14.0. The second-order valence-electron chi connectivity index (χ2n) is 8.16. The predicted molar refractivity (Wildman–Crippen MR) is 107 cm³/mol. The Labute approximate surface area is 170 Å². The maximum absolute atomic E-state index is 12.8. The van der Waals surface area contributed by atoms with E-state index in [1.807, 2.05) is 12.1 Å². The molecule has 3 heterocycles. The molecule has 0 aliphatic carbocycles. The number of piperidine rings is 1. The van der Waals surface area contributed by atoms with Crippen LogP contribution in [0, 0.1) is 0 Å². The summed E-state index contributed by atoms with van der Waals surface area (Å²) in [5.41, 5.74) is 3.38. The number of Topliss-reactive ketones (excluding diaryl/α,β-unsaturated/α-hetero) is 1. The number of carbonyl (C=O) groups is 2. The monoisotopic (exact) mass is 400 g/mol. The molecule has 0 bridgehead atoms. The highest BCUT2D eigenvalue weighted by Crippen LogP contribution is 2.39. The van der Waals surface area contributed by atoms with Gasteiger partial charge in [0, 0.05) is 45.0 Å². The molecule has 4 rings (SSSR count). The molecule has 1 atom stereocenters. The summed E-state index contributed by atoms with van der Waals surface area (Å²) in [5.74, 6) is 0.378. The maximum atomic E-state index is 12.8. The zero-order chi connectivity index (χ0) is 20.3. The Bertz CT molecular complexity index is 792. The molecule has 156 valence electrons. The van der Waals surface area contributed by atoms with Crippen molar-refractivity contribution in [2.75, 3.05) is 26.7 Å². The van der Waals surface area contributed by atoms with E-state index in [0.717, 1.165) is 50.8 Å². The van der Waals surface area contributed by atoms with Gasteiger partial charge in [-0.3, -0.25) is 9.59 Å². The van der Waals surface area contributed by atoms with E-state index in [2.05, 4.69) is 17.4 Å². The second-order valence-corrected chi connectivity index (χ2v) is 8.16. The summed E-state index contributed by atoms with van der Waals surface area (Å²) in [6, 6.07) is 5.47. The Balaban J connectivity index is 1.37. The molecule has 2 fully saturated rings. The summed E-state index contributed by atoms with van der Waals surface area (Å²) in [6.07, 6.45) is 7.62. The van der Waals surface area contributed by atoms with E-state index in [-0.39, 0.29) is 23.6 Å². The van der Waals surface area contributed by atoms with Gasteiger partial charge < -0.3 is 14.4 Å². The number of likely N-dealkylation sites (tertiary alicyclic amines) is 1. The Kier molecular flexibility index (Phi) is 5.99. The molecule has 1 aromatic rings. The fourth-order valence-electron chi connectivity index (χ4n) is 4.05. The van der Waals surface area contributed by atoms with Crippen molar-refractivity contribution in [2.24, 2.45) is 0 Å². The molecule has 1 N–H and O–H groups in total. The summed E-state index contributed by atoms with van der Waals surface area (Å²) in [5, 5.41) is 0. The predicted octanol–water partition coefficient (Wildman–Crippen LogP) is 2.70. The molecule has 0 aromatic heterocycles. The Hall–Kier alpha value is -2.22. The highest BCUT2D eigenvalue weighted by Gasteiger charge is 2.42. The zero-order valence-corrected chi connectivity index (χ0v) is 16.8. The minimum atomic E-state index is -0.383. The number of hydroxylamine groups is 1. The molecule has 0 radical (unpaired) electrons. The van der Waals surface area contributed by atoms with Gasteiger partial charge >= 0.3 is 0 Å². The number of carbonyl (C=O) groups excluding carboxylic acids is 2. The van der Waals surface area contributed by atoms with Crippen molar-refractivity contribution in [3.8, 4) is 5.75 Å². The van der Waals surface area contributed by atoms with Crippen LogP contribution in [0.25, 0.3) is 6.08 Å². The molecule has 7 heteroatoms. The Morgan fingerprint density at radius 2 is 2.14 bits per heavy atom. The minimum Gasteiger partial charge on any atom is -0.486 e. The Morgan fingerprint density at radius 3 is 2.90 bits per heavy atom. The van der Waals surface area contributed by atoms with Crippen LogP contribution in [0.5, 0.6) is 5.75 Å². The number of fused-ring (bicyclic) bond motifs is 1. The fraction of sp³-hybridized carbons (Fsp3) is 0.545. The molecule has 1 unspecified atom stereocenters. The zero-order valence-electron chi connectivity index (χ0n) is 16.8. The van der Waals surface area contributed by atoms with Crippen LogP contribution in [0.3, 0.4) is 0 Å². The van der Waals surface area contributed by atoms with E-state index in [0.29, 0.717) is 24.3 Å². The van der Waals surface area contributed by atoms with Gasteiger partial charge in [0.15, 0.2) is 12.1 Å². The van der Waals surface area contributed by atoms with E-state index in [1.165, 1.54) is 6.08 Å². The molecule has 3 aliphatic rings. The summed E-state index contributed by atoms with van der Waals surface area (Å²) < 4.78 is 11.7. The van der Waals surface area contributed by atoms with Crippen molar-refractivity contribution < 1.29 is 23.9 Å². The summed E-state index contributed by atoms with van der Waals surface area (Å²) in [6.45, 7) is 2.53. The number of rotatable bonds is 4. The first-order valence-corrected chi connectivity index (χ1v) is 10.3. The first-order valence-electron chi connectivity index (χ1n) is 10.3. The topological polar surface area (TPSA) is 77.1 Å². The van der Waals surface area contributed by atoms with Crippen LogP contribution in [0.1, 0.15) is 54.4 Å². The van der Waals surface area contributed by atoms with Crippen LogP contribution in [0.15, 0.2) is 24.3 Å². The van der Waals surface area contributed by atoms with Crippen LogP contribution in [-0.4, -0.2) is 55.2 Å². The molecule has 3 aliphatic heterocycles. The average molecular weight is 400 g/mol. The summed E-state index contributed by atoms with van der Waals surface area (Å²) in [7, 11) is 2.09. The van der Waals surface area contributed by atoms with E-state index >= 15 is 0 Å². The van der Waals surface area contributed by atoms with Gasteiger partial charge in [0.2, 0.25) is 0 Å². The van der Waals surface area contributed by atoms with Crippen LogP contribution < -0.4 is 10.2 Å². The number of nitrogens with zero attached hydrogens (tertiary/aromatic N) is 1. The lowest BCUT2D eigenvalue weighted by Gasteiger charge is -2.43. The normalized spacial score (nSPS) is 24.3. The summed E-state index contributed by atoms with van der Waals surface area (Å²) in [4.78, 5) is 32.3. The van der Waals surface area contributed by atoms with Crippen molar-refractivity contribution in [1.82, 2.24) is 10.4 Å². The van der Waals surface area contributed by atoms with E-state index < -0.39 is 0 Å². The number of hydrogen-bond acceptors (Lipinski definition) is 6. The van der Waals surface area contributed by atoms with Gasteiger partial charge in [0.25, 0.3) is 5.91 Å². The molecule has 0 saturated carbocycles. The van der Waals surface area contributed by atoms with Crippen LogP contribution >= 0.6 is 0 Å². The molecular formula is C22H28N2O5. The Morgan fingerprint density at radius 1 is 1.31 bits per heavy atom. The van der Waals surface area contributed by atoms with E-state index in [9.17, 15) is 9.59 Å². The average Bonchev–Trinajstić information content (AvgIpc) is 2.74. The highest BCUT2D eigenvalue weighted by atomic mass is 16.8. The van der Waals surface area contributed by atoms with E-state index in [1.54, 1.807) is 12.1 Å². The van der Waals surface area contributed by atoms with Crippen molar-refractivity contribution in [2.45, 2.75) is 50.4 Å². The third-order valence-electron chi connectivity index (χ3n) is 5.87. The van der Waals surface area contributed by atoms with E-state index in [4.69, 9.17) is 14.3 Å². The van der Waals surface area contributed by atoms with Gasteiger partial charge in [-0.15, -0.1) is 0 Å². The lowest BCUT2D eigenvalue weighted by molar-refractivity contribution is -0.198. The van der Waals surface area contributed by atoms with Gasteiger partial charge in [-0.05, 0) is 43.7 Å². The van der Waals surface area contributed by atoms with Crippen molar-refractivity contribution in [3.63, 3.8) is 0 Å². The van der Waals surface area contributed by atoms with Crippen LogP contribution in [-0.2, 0) is 14.4 Å².